The second kappa shape index (κ2) is 3.51. The molecule has 0 saturated carbocycles. The lowest BCUT2D eigenvalue weighted by molar-refractivity contribution is 1.26. The lowest BCUT2D eigenvalue weighted by Crippen LogP contribution is -1.99. The van der Waals surface area contributed by atoms with Gasteiger partial charge in [0.15, 0.2) is 0 Å². The zero-order valence-electron chi connectivity index (χ0n) is 7.90. The van der Waals surface area contributed by atoms with Gasteiger partial charge in [-0.15, -0.1) is 12.6 Å². The Bertz CT molecular complexity index is 523. The molecule has 0 aliphatic carbocycles. The van der Waals surface area contributed by atoms with Crippen LogP contribution in [-0.2, 0) is 0 Å². The highest BCUT2D eigenvalue weighted by atomic mass is 32.2. The van der Waals surface area contributed by atoms with E-state index in [0.717, 1.165) is 16.3 Å². The molecule has 0 aromatic heterocycles. The van der Waals surface area contributed by atoms with Crippen molar-refractivity contribution in [2.24, 2.45) is 0 Å². The summed E-state index contributed by atoms with van der Waals surface area (Å²) in [6, 6.07) is 14.5. The van der Waals surface area contributed by atoms with Crippen molar-refractivity contribution in [3.63, 3.8) is 0 Å². The molecule has 0 saturated heterocycles. The van der Waals surface area contributed by atoms with Crippen molar-refractivity contribution in [2.45, 2.75) is 14.7 Å². The van der Waals surface area contributed by atoms with Crippen LogP contribution in [0.4, 0.5) is 11.4 Å². The monoisotopic (exact) mass is 231 g/mol. The molecular formula is C12H9NS2. The average Bonchev–Trinajstić information content (AvgIpc) is 2.27. The van der Waals surface area contributed by atoms with Crippen molar-refractivity contribution in [3.05, 3.63) is 42.5 Å². The molecule has 74 valence electrons. The van der Waals surface area contributed by atoms with Crippen LogP contribution in [0, 0.1) is 0 Å². The first-order valence-electron chi connectivity index (χ1n) is 4.70. The predicted octanol–water partition coefficient (Wildman–Crippen LogP) is 4.18. The van der Waals surface area contributed by atoms with Crippen LogP contribution in [-0.4, -0.2) is 0 Å². The quantitative estimate of drug-likeness (QED) is 0.563. The lowest BCUT2D eigenvalue weighted by atomic mass is 10.2. The second-order valence-corrected chi connectivity index (χ2v) is 4.94. The highest BCUT2D eigenvalue weighted by Gasteiger charge is 2.16. The molecular weight excluding hydrogens is 222 g/mol. The summed E-state index contributed by atoms with van der Waals surface area (Å²) >= 11 is 6.24. The summed E-state index contributed by atoms with van der Waals surface area (Å²) in [6.07, 6.45) is 0. The summed E-state index contributed by atoms with van der Waals surface area (Å²) in [5.74, 6) is 0. The number of rotatable bonds is 0. The molecule has 1 N–H and O–H groups in total. The molecule has 0 spiro atoms. The predicted molar refractivity (Wildman–Crippen MR) is 67.5 cm³/mol. The number of nitrogens with one attached hydrogen (secondary N) is 1. The molecule has 1 nitrogen and oxygen atoms in total. The number of benzene rings is 2. The number of para-hydroxylation sites is 2. The average molecular weight is 231 g/mol. The van der Waals surface area contributed by atoms with Crippen molar-refractivity contribution < 1.29 is 0 Å². The third-order valence-electron chi connectivity index (χ3n) is 2.37. The van der Waals surface area contributed by atoms with E-state index in [9.17, 15) is 0 Å². The van der Waals surface area contributed by atoms with Gasteiger partial charge in [-0.2, -0.15) is 0 Å². The summed E-state index contributed by atoms with van der Waals surface area (Å²) < 4.78 is 0. The van der Waals surface area contributed by atoms with E-state index in [2.05, 4.69) is 42.2 Å². The Morgan fingerprint density at radius 3 is 2.67 bits per heavy atom. The maximum Gasteiger partial charge on any atom is 0.0661 e. The van der Waals surface area contributed by atoms with Crippen LogP contribution in [0.1, 0.15) is 0 Å². The van der Waals surface area contributed by atoms with E-state index in [0.29, 0.717) is 0 Å². The van der Waals surface area contributed by atoms with Gasteiger partial charge in [0.1, 0.15) is 0 Å². The Kier molecular flexibility index (Phi) is 2.15. The van der Waals surface area contributed by atoms with Gasteiger partial charge in [-0.1, -0.05) is 30.0 Å². The van der Waals surface area contributed by atoms with Crippen LogP contribution in [0.3, 0.4) is 0 Å². The fraction of sp³-hybridized carbons (Fsp3) is 0. The molecule has 1 aliphatic heterocycles. The molecule has 0 unspecified atom stereocenters. The van der Waals surface area contributed by atoms with E-state index in [1.807, 2.05) is 18.2 Å². The van der Waals surface area contributed by atoms with E-state index >= 15 is 0 Å². The molecule has 1 heterocycles. The number of hydrogen-bond acceptors (Lipinski definition) is 3. The van der Waals surface area contributed by atoms with Gasteiger partial charge in [0.25, 0.3) is 0 Å². The van der Waals surface area contributed by atoms with Crippen molar-refractivity contribution >= 4 is 35.8 Å². The molecule has 15 heavy (non-hydrogen) atoms. The summed E-state index contributed by atoms with van der Waals surface area (Å²) in [4.78, 5) is 3.50. The summed E-state index contributed by atoms with van der Waals surface area (Å²) in [7, 11) is 0. The third-order valence-corrected chi connectivity index (χ3v) is 3.88. The summed E-state index contributed by atoms with van der Waals surface area (Å²) in [5.41, 5.74) is 2.28. The summed E-state index contributed by atoms with van der Waals surface area (Å²) in [6.45, 7) is 0. The molecule has 0 amide bonds. The van der Waals surface area contributed by atoms with Crippen LogP contribution in [0.15, 0.2) is 57.2 Å². The van der Waals surface area contributed by atoms with Gasteiger partial charge in [-0.05, 0) is 24.3 Å². The standard InChI is InChI=1S/C12H9NS2/c14-9-5-3-7-11-12(9)13-8-4-1-2-6-10(8)15-11/h1-7,13-14H. The number of hydrogen-bond donors (Lipinski definition) is 2. The molecule has 3 rings (SSSR count). The molecule has 0 atom stereocenters. The minimum absolute atomic E-state index is 0.995. The van der Waals surface area contributed by atoms with Crippen LogP contribution in [0.25, 0.3) is 0 Å². The summed E-state index contributed by atoms with van der Waals surface area (Å²) in [5, 5.41) is 3.41. The van der Waals surface area contributed by atoms with E-state index in [4.69, 9.17) is 0 Å². The Balaban J connectivity index is 2.15. The van der Waals surface area contributed by atoms with Gasteiger partial charge in [-0.25, -0.2) is 0 Å². The van der Waals surface area contributed by atoms with E-state index in [1.54, 1.807) is 11.8 Å². The maximum atomic E-state index is 4.45. The van der Waals surface area contributed by atoms with E-state index in [-0.39, 0.29) is 0 Å². The van der Waals surface area contributed by atoms with Crippen LogP contribution < -0.4 is 5.32 Å². The van der Waals surface area contributed by atoms with Crippen LogP contribution in [0.2, 0.25) is 0 Å². The fourth-order valence-corrected chi connectivity index (χ4v) is 3.00. The highest BCUT2D eigenvalue weighted by molar-refractivity contribution is 7.99. The molecule has 2 aromatic rings. The number of fused-ring (bicyclic) bond motifs is 2. The lowest BCUT2D eigenvalue weighted by Gasteiger charge is -2.21. The van der Waals surface area contributed by atoms with Crippen molar-refractivity contribution in [3.8, 4) is 0 Å². The zero-order valence-corrected chi connectivity index (χ0v) is 9.61. The first-order valence-corrected chi connectivity index (χ1v) is 5.97. The first-order chi connectivity index (χ1) is 7.34. The number of thiol groups is 1. The minimum atomic E-state index is 0.995. The zero-order chi connectivity index (χ0) is 10.3. The van der Waals surface area contributed by atoms with Gasteiger partial charge < -0.3 is 5.32 Å². The second-order valence-electron chi connectivity index (χ2n) is 3.37. The molecule has 0 bridgehead atoms. The van der Waals surface area contributed by atoms with Gasteiger partial charge in [-0.3, -0.25) is 0 Å². The minimum Gasteiger partial charge on any atom is -0.353 e. The smallest absolute Gasteiger partial charge is 0.0661 e. The molecule has 2 aromatic carbocycles. The Morgan fingerprint density at radius 1 is 0.933 bits per heavy atom. The van der Waals surface area contributed by atoms with Gasteiger partial charge >= 0.3 is 0 Å². The van der Waals surface area contributed by atoms with Crippen LogP contribution in [0.5, 0.6) is 0 Å². The molecule has 1 aliphatic rings. The number of anilines is 2. The van der Waals surface area contributed by atoms with Crippen molar-refractivity contribution in [2.75, 3.05) is 5.32 Å². The molecule has 0 fully saturated rings. The van der Waals surface area contributed by atoms with Gasteiger partial charge in [0.2, 0.25) is 0 Å². The van der Waals surface area contributed by atoms with E-state index in [1.165, 1.54) is 9.79 Å². The maximum absolute atomic E-state index is 4.45. The molecule has 0 radical (unpaired) electrons. The van der Waals surface area contributed by atoms with Gasteiger partial charge in [0.05, 0.1) is 11.4 Å². The Morgan fingerprint density at radius 2 is 1.73 bits per heavy atom. The topological polar surface area (TPSA) is 12.0 Å². The Labute approximate surface area is 98.3 Å². The van der Waals surface area contributed by atoms with Crippen molar-refractivity contribution in [1.82, 2.24) is 0 Å². The third kappa shape index (κ3) is 1.52. The fourth-order valence-electron chi connectivity index (χ4n) is 1.64. The SMILES string of the molecule is Sc1cccc2c1Nc1ccccc1S2. The highest BCUT2D eigenvalue weighted by Crippen LogP contribution is 2.45. The molecule has 3 heteroatoms. The van der Waals surface area contributed by atoms with E-state index < -0.39 is 0 Å². The largest absolute Gasteiger partial charge is 0.353 e. The Hall–Kier alpha value is -1.06. The van der Waals surface area contributed by atoms with Gasteiger partial charge in [0, 0.05) is 14.7 Å². The van der Waals surface area contributed by atoms with Crippen LogP contribution >= 0.6 is 24.4 Å². The first kappa shape index (κ1) is 9.19. The van der Waals surface area contributed by atoms with Crippen molar-refractivity contribution in [1.29, 1.82) is 0 Å². The normalized spacial score (nSPS) is 12.6.